The molecule has 0 aliphatic heterocycles. The number of fused-ring (bicyclic) bond motifs is 3. The van der Waals surface area contributed by atoms with Gasteiger partial charge in [-0.25, -0.2) is 12.1 Å². The molecule has 0 nitrogen and oxygen atoms in total. The van der Waals surface area contributed by atoms with E-state index in [0.717, 1.165) is 6.42 Å². The van der Waals surface area contributed by atoms with Gasteiger partial charge >= 0.3 is 125 Å². The van der Waals surface area contributed by atoms with Crippen molar-refractivity contribution in [3.05, 3.63) is 162 Å². The van der Waals surface area contributed by atoms with E-state index in [1.165, 1.54) is 33.4 Å². The zero-order chi connectivity index (χ0) is 25.2. The minimum Gasteiger partial charge on any atom is -1.00 e. The average Bonchev–Trinajstić information content (AvgIpc) is 3.65. The monoisotopic (exact) mass is 612 g/mol. The summed E-state index contributed by atoms with van der Waals surface area (Å²) in [6.45, 7) is 4.64. The maximum atomic E-state index is 3.30. The molecule has 0 bridgehead atoms. The summed E-state index contributed by atoms with van der Waals surface area (Å²) in [7, 11) is 0. The van der Waals surface area contributed by atoms with Gasteiger partial charge in [0.15, 0.2) is 0 Å². The summed E-state index contributed by atoms with van der Waals surface area (Å²) in [5.41, 5.74) is 8.36. The van der Waals surface area contributed by atoms with Crippen molar-refractivity contribution in [3.8, 4) is 11.1 Å². The Labute approximate surface area is 255 Å². The molecule has 5 aromatic carbocycles. The quantitative estimate of drug-likeness (QED) is 0.268. The van der Waals surface area contributed by atoms with Crippen molar-refractivity contribution in [2.45, 2.75) is 32.1 Å². The third-order valence-corrected chi connectivity index (χ3v) is 8.83. The Hall–Kier alpha value is -2.44. The summed E-state index contributed by atoms with van der Waals surface area (Å²) >= 11 is 1.54. The van der Waals surface area contributed by atoms with Crippen molar-refractivity contribution in [2.24, 2.45) is 0 Å². The molecular weight excluding hydrogens is 583 g/mol. The van der Waals surface area contributed by atoms with E-state index in [-0.39, 0.29) is 24.8 Å². The normalized spacial score (nSPS) is 11.9. The minimum absolute atomic E-state index is 0. The molecule has 1 aliphatic rings. The molecule has 1 aliphatic carbocycles. The van der Waals surface area contributed by atoms with Crippen LogP contribution in [0.5, 0.6) is 0 Å². The molecule has 0 saturated carbocycles. The topological polar surface area (TPSA) is 0 Å². The Morgan fingerprint density at radius 1 is 0.658 bits per heavy atom. The summed E-state index contributed by atoms with van der Waals surface area (Å²) in [4.78, 5) is 0. The largest absolute Gasteiger partial charge is 1.00 e. The molecule has 6 rings (SSSR count). The zero-order valence-electron chi connectivity index (χ0n) is 21.8. The predicted molar refractivity (Wildman–Crippen MR) is 150 cm³/mol. The van der Waals surface area contributed by atoms with E-state index in [9.17, 15) is 0 Å². The molecule has 38 heavy (non-hydrogen) atoms. The van der Waals surface area contributed by atoms with E-state index in [1.807, 2.05) is 36.4 Å². The van der Waals surface area contributed by atoms with E-state index in [1.54, 1.807) is 27.4 Å². The first kappa shape index (κ1) is 31.8. The van der Waals surface area contributed by atoms with Gasteiger partial charge in [-0.05, 0) is 6.42 Å². The van der Waals surface area contributed by atoms with Gasteiger partial charge in [0.25, 0.3) is 0 Å². The maximum absolute atomic E-state index is 3.30. The number of benzene rings is 4. The average molecular weight is 615 g/mol. The Kier molecular flexibility index (Phi) is 13.8. The fourth-order valence-electron chi connectivity index (χ4n) is 4.54. The van der Waals surface area contributed by atoms with E-state index in [2.05, 4.69) is 117 Å². The second kappa shape index (κ2) is 16.5. The summed E-state index contributed by atoms with van der Waals surface area (Å²) in [6, 6.07) is 49.7. The Balaban J connectivity index is 0.000000221. The van der Waals surface area contributed by atoms with Crippen LogP contribution in [-0.2, 0) is 30.7 Å². The van der Waals surface area contributed by atoms with Crippen LogP contribution in [-0.4, -0.2) is 3.21 Å². The van der Waals surface area contributed by atoms with Crippen LogP contribution in [0.15, 0.2) is 133 Å². The smallest absolute Gasteiger partial charge is 0.0253 e. The van der Waals surface area contributed by atoms with Crippen molar-refractivity contribution < 1.29 is 49.0 Å². The van der Waals surface area contributed by atoms with Crippen molar-refractivity contribution in [2.75, 3.05) is 0 Å². The van der Waals surface area contributed by atoms with E-state index in [0.29, 0.717) is 11.8 Å². The van der Waals surface area contributed by atoms with Crippen LogP contribution in [0.4, 0.5) is 0 Å². The van der Waals surface area contributed by atoms with Crippen LogP contribution in [0, 0.1) is 6.07 Å². The van der Waals surface area contributed by atoms with Crippen LogP contribution in [0.1, 0.15) is 47.9 Å². The van der Waals surface area contributed by atoms with Gasteiger partial charge in [-0.2, -0.15) is 48.0 Å². The number of hydrogen-bond acceptors (Lipinski definition) is 0. The molecule has 0 N–H and O–H groups in total. The van der Waals surface area contributed by atoms with Crippen LogP contribution in [0.3, 0.4) is 0 Å². The Morgan fingerprint density at radius 2 is 1.16 bits per heavy atom. The van der Waals surface area contributed by atoms with Crippen molar-refractivity contribution in [1.82, 2.24) is 0 Å². The van der Waals surface area contributed by atoms with Crippen LogP contribution >= 0.6 is 0 Å². The maximum Gasteiger partial charge on any atom is -0.0253 e. The first-order chi connectivity index (χ1) is 17.6. The van der Waals surface area contributed by atoms with Crippen molar-refractivity contribution in [1.29, 1.82) is 0 Å². The number of hydrogen-bond donors (Lipinski definition) is 0. The first-order valence-corrected chi connectivity index (χ1v) is 13.8. The third-order valence-electron chi connectivity index (χ3n) is 6.70. The van der Waals surface area contributed by atoms with Gasteiger partial charge in [-0.15, -0.1) is 5.56 Å². The van der Waals surface area contributed by atoms with Gasteiger partial charge in [0.1, 0.15) is 0 Å². The third kappa shape index (κ3) is 8.54. The van der Waals surface area contributed by atoms with Crippen molar-refractivity contribution >= 4 is 3.21 Å². The van der Waals surface area contributed by atoms with Gasteiger partial charge in [0, 0.05) is 0 Å². The van der Waals surface area contributed by atoms with Crippen LogP contribution in [0.25, 0.3) is 11.1 Å². The summed E-state index contributed by atoms with van der Waals surface area (Å²) in [5.74, 6) is 1.08. The molecule has 0 radical (unpaired) electrons. The fraction of sp³-hybridized carbons (Fsp3) is 0.143. The van der Waals surface area contributed by atoms with Crippen molar-refractivity contribution in [3.63, 3.8) is 0 Å². The van der Waals surface area contributed by atoms with Crippen LogP contribution in [0.2, 0.25) is 0 Å². The zero-order valence-corrected chi connectivity index (χ0v) is 25.8. The molecule has 0 amide bonds. The van der Waals surface area contributed by atoms with Gasteiger partial charge in [0.2, 0.25) is 0 Å². The van der Waals surface area contributed by atoms with Crippen LogP contribution < -0.4 is 24.8 Å². The number of rotatable bonds is 4. The van der Waals surface area contributed by atoms with E-state index in [4.69, 9.17) is 0 Å². The van der Waals surface area contributed by atoms with E-state index >= 15 is 0 Å². The Morgan fingerprint density at radius 3 is 1.68 bits per heavy atom. The fourth-order valence-corrected chi connectivity index (χ4v) is 5.36. The molecule has 0 spiro atoms. The first-order valence-electron chi connectivity index (χ1n) is 12.6. The van der Waals surface area contributed by atoms with Gasteiger partial charge in [0.05, 0.1) is 0 Å². The molecule has 2 unspecified atom stereocenters. The molecule has 0 heterocycles. The predicted octanol–water partition coefficient (Wildman–Crippen LogP) is 2.78. The standard InChI is InChI=1S/C17H18.C13H9.C5H5.2ClH.Zr/c1-14(16-9-5-3-6-10-16)13-15(2)17-11-7-4-8-12-17;1-3-7-12-10(5-1)9-11-6-2-4-8-13(11)12;1-2-4-5-3-1;;;/h3-12,14-15H,1-2H3;1-5,7-8H,9H2;1-5H;2*1H;/q;2*-1;;;+2/p-2. The molecule has 0 aromatic heterocycles. The molecule has 5 aromatic rings. The van der Waals surface area contributed by atoms with E-state index < -0.39 is 0 Å². The Bertz CT molecular complexity index is 1240. The molecule has 3 heteroatoms. The molecule has 2 atom stereocenters. The molecular formula is C35H32Cl2Zr-2. The summed E-state index contributed by atoms with van der Waals surface area (Å²) in [6.07, 6.45) is 1.05. The number of halogens is 2. The van der Waals surface area contributed by atoms with Gasteiger partial charge in [-0.1, -0.05) is 35.4 Å². The molecule has 0 saturated heterocycles. The second-order valence-corrected chi connectivity index (χ2v) is 10.5. The molecule has 0 fully saturated rings. The minimum atomic E-state index is 0. The summed E-state index contributed by atoms with van der Waals surface area (Å²) < 4.78 is 1.61. The SMILES string of the molecule is CC([C](=[Zr+2])C(C)c1ccccc1)c1ccccc1.[Cl-].[Cl-].[c-]1cccc2c1Cc1ccccc1-2.c1cc[cH-]c1. The van der Waals surface area contributed by atoms with Gasteiger partial charge < -0.3 is 24.8 Å². The summed E-state index contributed by atoms with van der Waals surface area (Å²) in [5, 5.41) is 0. The van der Waals surface area contributed by atoms with Gasteiger partial charge in [-0.3, -0.25) is 0 Å². The second-order valence-electron chi connectivity index (χ2n) is 9.08. The molecule has 192 valence electrons.